The molecule has 1 aliphatic rings. The lowest BCUT2D eigenvalue weighted by molar-refractivity contribution is -0.149. The molecule has 0 saturated carbocycles. The summed E-state index contributed by atoms with van der Waals surface area (Å²) in [6.45, 7) is 2.24. The number of rotatable bonds is 10. The number of aromatic nitrogens is 2. The summed E-state index contributed by atoms with van der Waals surface area (Å²) in [6, 6.07) is 14.5. The van der Waals surface area contributed by atoms with Crippen LogP contribution in [0.4, 0.5) is 20.4 Å². The molecule has 0 atom stereocenters. The number of hydrogen-bond acceptors (Lipinski definition) is 7. The Hall–Kier alpha value is -3.59. The summed E-state index contributed by atoms with van der Waals surface area (Å²) in [5, 5.41) is 3.19. The third kappa shape index (κ3) is 7.21. The fraction of sp³-hybridized carbons (Fsp3) is 0.370. The number of anilines is 2. The van der Waals surface area contributed by atoms with Gasteiger partial charge >= 0.3 is 12.6 Å². The van der Waals surface area contributed by atoms with Crippen LogP contribution in [0.1, 0.15) is 25.3 Å². The molecule has 3 aromatic rings. The van der Waals surface area contributed by atoms with E-state index in [0.29, 0.717) is 12.6 Å². The van der Waals surface area contributed by atoms with E-state index in [-0.39, 0.29) is 17.6 Å². The molecule has 0 unspecified atom stereocenters. The molecule has 7 nitrogen and oxygen atoms in total. The Morgan fingerprint density at radius 2 is 1.69 bits per heavy atom. The summed E-state index contributed by atoms with van der Waals surface area (Å²) in [5.41, 5.74) is 3.70. The van der Waals surface area contributed by atoms with Gasteiger partial charge in [-0.1, -0.05) is 24.3 Å². The second kappa shape index (κ2) is 12.4. The highest BCUT2D eigenvalue weighted by Gasteiger charge is 2.25. The zero-order chi connectivity index (χ0) is 25.3. The quantitative estimate of drug-likeness (QED) is 0.382. The number of halogens is 2. The van der Waals surface area contributed by atoms with Crippen LogP contribution in [0.3, 0.4) is 0 Å². The lowest BCUT2D eigenvalue weighted by Crippen LogP contribution is -2.38. The maximum absolute atomic E-state index is 12.3. The fourth-order valence-corrected chi connectivity index (χ4v) is 4.19. The predicted molar refractivity (Wildman–Crippen MR) is 133 cm³/mol. The average Bonchev–Trinajstić information content (AvgIpc) is 2.89. The molecule has 4 rings (SSSR count). The van der Waals surface area contributed by atoms with Gasteiger partial charge in [0, 0.05) is 30.2 Å². The molecule has 1 fully saturated rings. The van der Waals surface area contributed by atoms with Crippen LogP contribution in [0.15, 0.2) is 60.9 Å². The van der Waals surface area contributed by atoms with Crippen molar-refractivity contribution in [2.75, 3.05) is 31.6 Å². The number of ether oxygens (including phenoxy) is 2. The molecule has 0 bridgehead atoms. The number of esters is 1. The number of nitrogens with zero attached hydrogens (tertiary/aromatic N) is 3. The van der Waals surface area contributed by atoms with Crippen LogP contribution in [0, 0.1) is 5.92 Å². The number of benzene rings is 2. The van der Waals surface area contributed by atoms with Gasteiger partial charge in [0.2, 0.25) is 5.95 Å². The van der Waals surface area contributed by atoms with Crippen LogP contribution in [0.2, 0.25) is 0 Å². The lowest BCUT2D eigenvalue weighted by Gasteiger charge is -2.30. The summed E-state index contributed by atoms with van der Waals surface area (Å²) in [7, 11) is 0. The van der Waals surface area contributed by atoms with E-state index in [9.17, 15) is 13.6 Å². The van der Waals surface area contributed by atoms with Crippen LogP contribution in [0.5, 0.6) is 5.75 Å². The number of nitrogens with one attached hydrogen (secondary N) is 1. The van der Waals surface area contributed by atoms with Gasteiger partial charge in [0.1, 0.15) is 5.75 Å². The Labute approximate surface area is 209 Å². The second-order valence-corrected chi connectivity index (χ2v) is 8.64. The largest absolute Gasteiger partial charge is 0.466 e. The van der Waals surface area contributed by atoms with Crippen molar-refractivity contribution in [3.05, 3.63) is 66.5 Å². The number of hydrogen-bond donors (Lipinski definition) is 1. The topological polar surface area (TPSA) is 76.6 Å². The van der Waals surface area contributed by atoms with Crippen molar-refractivity contribution in [1.82, 2.24) is 14.9 Å². The minimum Gasteiger partial charge on any atom is -0.466 e. The summed E-state index contributed by atoms with van der Waals surface area (Å²) >= 11 is 0. The smallest absolute Gasteiger partial charge is 0.387 e. The Morgan fingerprint density at radius 3 is 2.31 bits per heavy atom. The van der Waals surface area contributed by atoms with Gasteiger partial charge in [-0.05, 0) is 74.7 Å². The first-order valence-electron chi connectivity index (χ1n) is 12.1. The van der Waals surface area contributed by atoms with Crippen LogP contribution in [-0.4, -0.2) is 53.7 Å². The molecule has 190 valence electrons. The van der Waals surface area contributed by atoms with Crippen LogP contribution >= 0.6 is 0 Å². The van der Waals surface area contributed by atoms with Gasteiger partial charge in [-0.15, -0.1) is 0 Å². The molecule has 0 radical (unpaired) electrons. The summed E-state index contributed by atoms with van der Waals surface area (Å²) in [5.74, 6) is 0.551. The third-order valence-electron chi connectivity index (χ3n) is 6.20. The molecule has 9 heteroatoms. The van der Waals surface area contributed by atoms with Crippen molar-refractivity contribution in [2.45, 2.75) is 32.8 Å². The number of piperidine rings is 1. The Kier molecular flexibility index (Phi) is 8.78. The third-order valence-corrected chi connectivity index (χ3v) is 6.20. The van der Waals surface area contributed by atoms with Crippen LogP contribution in [-0.2, 0) is 16.0 Å². The first-order valence-corrected chi connectivity index (χ1v) is 12.1. The first-order chi connectivity index (χ1) is 17.5. The van der Waals surface area contributed by atoms with Crippen molar-refractivity contribution in [1.29, 1.82) is 0 Å². The molecule has 2 heterocycles. The highest BCUT2D eigenvalue weighted by molar-refractivity contribution is 5.72. The van der Waals surface area contributed by atoms with Gasteiger partial charge < -0.3 is 19.7 Å². The fourth-order valence-electron chi connectivity index (χ4n) is 4.19. The zero-order valence-electron chi connectivity index (χ0n) is 20.2. The molecule has 36 heavy (non-hydrogen) atoms. The van der Waals surface area contributed by atoms with E-state index in [1.54, 1.807) is 24.5 Å². The van der Waals surface area contributed by atoms with E-state index in [0.717, 1.165) is 55.7 Å². The average molecular weight is 497 g/mol. The van der Waals surface area contributed by atoms with E-state index < -0.39 is 6.61 Å². The number of alkyl halides is 2. The number of likely N-dealkylation sites (tertiary alicyclic amines) is 1. The highest BCUT2D eigenvalue weighted by atomic mass is 19.3. The second-order valence-electron chi connectivity index (χ2n) is 8.64. The van der Waals surface area contributed by atoms with Crippen LogP contribution in [0.25, 0.3) is 11.1 Å². The number of carbonyl (C=O) groups excluding carboxylic acids is 1. The Bertz CT molecular complexity index is 1100. The summed E-state index contributed by atoms with van der Waals surface area (Å²) in [4.78, 5) is 23.0. The van der Waals surface area contributed by atoms with Gasteiger partial charge in [0.05, 0.1) is 12.5 Å². The maximum Gasteiger partial charge on any atom is 0.387 e. The van der Waals surface area contributed by atoms with E-state index >= 15 is 0 Å². The molecular weight excluding hydrogens is 466 g/mol. The lowest BCUT2D eigenvalue weighted by atomic mass is 9.96. The summed E-state index contributed by atoms with van der Waals surface area (Å²) < 4.78 is 34.1. The van der Waals surface area contributed by atoms with Crippen molar-refractivity contribution in [3.8, 4) is 16.9 Å². The molecule has 1 aromatic heterocycles. The predicted octanol–water partition coefficient (Wildman–Crippen LogP) is 5.31. The van der Waals surface area contributed by atoms with Gasteiger partial charge in [-0.25, -0.2) is 9.97 Å². The molecule has 1 N–H and O–H groups in total. The molecule has 0 spiro atoms. The van der Waals surface area contributed by atoms with E-state index in [2.05, 4.69) is 37.1 Å². The maximum atomic E-state index is 12.3. The van der Waals surface area contributed by atoms with Gasteiger partial charge in [-0.2, -0.15) is 8.78 Å². The van der Waals surface area contributed by atoms with E-state index in [1.165, 1.54) is 17.7 Å². The van der Waals surface area contributed by atoms with E-state index in [4.69, 9.17) is 4.74 Å². The van der Waals surface area contributed by atoms with Gasteiger partial charge in [0.15, 0.2) is 0 Å². The zero-order valence-corrected chi connectivity index (χ0v) is 20.2. The van der Waals surface area contributed by atoms with E-state index in [1.807, 2.05) is 19.1 Å². The minimum absolute atomic E-state index is 0.0379. The normalized spacial score (nSPS) is 14.6. The standard InChI is InChI=1S/C27H30F2N4O3/c1-2-35-25(34)21-12-15-33(16-13-21)14-11-19-3-7-23(8-4-19)32-27-30-17-22(18-31-27)20-5-9-24(10-6-20)36-26(28)29/h3-10,17-18,21,26H,2,11-16H2,1H3,(H,30,31,32). The highest BCUT2D eigenvalue weighted by Crippen LogP contribution is 2.24. The molecular formula is C27H30F2N4O3. The van der Waals surface area contributed by atoms with Crippen LogP contribution < -0.4 is 10.1 Å². The molecule has 0 aliphatic carbocycles. The van der Waals surface area contributed by atoms with Gasteiger partial charge in [0.25, 0.3) is 0 Å². The Morgan fingerprint density at radius 1 is 1.03 bits per heavy atom. The van der Waals surface area contributed by atoms with Crippen molar-refractivity contribution >= 4 is 17.6 Å². The first kappa shape index (κ1) is 25.5. The van der Waals surface area contributed by atoms with Crippen molar-refractivity contribution in [3.63, 3.8) is 0 Å². The van der Waals surface area contributed by atoms with Crippen molar-refractivity contribution < 1.29 is 23.0 Å². The minimum atomic E-state index is -2.85. The number of carbonyl (C=O) groups is 1. The molecule has 0 amide bonds. The molecule has 1 aliphatic heterocycles. The SMILES string of the molecule is CCOC(=O)C1CCN(CCc2ccc(Nc3ncc(-c4ccc(OC(F)F)cc4)cn3)cc2)CC1. The molecule has 2 aromatic carbocycles. The Balaban J connectivity index is 1.24. The monoisotopic (exact) mass is 496 g/mol. The summed E-state index contributed by atoms with van der Waals surface area (Å²) in [6.07, 6.45) is 6.02. The van der Waals surface area contributed by atoms with Crippen molar-refractivity contribution in [2.24, 2.45) is 5.92 Å². The van der Waals surface area contributed by atoms with Gasteiger partial charge in [-0.3, -0.25) is 4.79 Å². The molecule has 1 saturated heterocycles.